The van der Waals surface area contributed by atoms with Crippen molar-refractivity contribution in [1.29, 1.82) is 0 Å². The maximum absolute atomic E-state index is 11.3. The highest BCUT2D eigenvalue weighted by Crippen LogP contribution is 2.92. The Hall–Kier alpha value is -2.40. The molecule has 0 aromatic rings. The molecule has 0 radical (unpaired) electrons. The van der Waals surface area contributed by atoms with Crippen molar-refractivity contribution in [2.24, 2.45) is 189 Å². The van der Waals surface area contributed by atoms with E-state index < -0.39 is 44.8 Å². The van der Waals surface area contributed by atoms with E-state index in [9.17, 15) is 40.9 Å². The van der Waals surface area contributed by atoms with Crippen molar-refractivity contribution < 1.29 is 40.9 Å². The summed E-state index contributed by atoms with van der Waals surface area (Å²) < 4.78 is 0. The van der Waals surface area contributed by atoms with E-state index >= 15 is 0 Å². The standard InChI is InChI=1S/4C17H22O2/c4*1-3-5-16(18)12-8-7-9-11-10(8)14(16)15(11)17(19,6-4-2)13(9)12/h4*3-4,8-15,18-19H,1-2,5-7H2/t4*8-,9+,10-,11+,12+,13-,14-,15+,16-,17+. The lowest BCUT2D eigenvalue weighted by Gasteiger charge is -2.57. The van der Waals surface area contributed by atoms with Gasteiger partial charge in [0.2, 0.25) is 0 Å². The molecule has 0 unspecified atom stereocenters. The molecule has 408 valence electrons. The molecule has 0 aromatic heterocycles. The Labute approximate surface area is 451 Å². The topological polar surface area (TPSA) is 162 Å². The smallest absolute Gasteiger partial charge is 0.0751 e. The van der Waals surface area contributed by atoms with Crippen LogP contribution < -0.4 is 0 Å². The summed E-state index contributed by atoms with van der Waals surface area (Å²) in [4.78, 5) is 0. The zero-order valence-corrected chi connectivity index (χ0v) is 44.8. The third-order valence-corrected chi connectivity index (χ3v) is 31.0. The van der Waals surface area contributed by atoms with Gasteiger partial charge in [-0.15, -0.1) is 52.6 Å². The van der Waals surface area contributed by atoms with E-state index in [1.165, 1.54) is 25.7 Å². The van der Waals surface area contributed by atoms with Crippen LogP contribution in [0.4, 0.5) is 0 Å². The second-order valence-corrected chi connectivity index (χ2v) is 31.2. The summed E-state index contributed by atoms with van der Waals surface area (Å²) >= 11 is 0. The quantitative estimate of drug-likeness (QED) is 0.0724. The third kappa shape index (κ3) is 4.38. The van der Waals surface area contributed by atoms with Gasteiger partial charge in [-0.1, -0.05) is 48.6 Å². The predicted octanol–water partition coefficient (Wildman–Crippen LogP) is 7.95. The zero-order chi connectivity index (χ0) is 52.6. The van der Waals surface area contributed by atoms with Crippen LogP contribution in [0.25, 0.3) is 0 Å². The largest absolute Gasteiger partial charge is 0.389 e. The molecule has 40 atom stereocenters. The van der Waals surface area contributed by atoms with Crippen molar-refractivity contribution in [2.45, 2.75) is 122 Å². The molecule has 0 aromatic carbocycles. The van der Waals surface area contributed by atoms with Crippen molar-refractivity contribution in [1.82, 2.24) is 0 Å². The highest BCUT2D eigenvalue weighted by Gasteiger charge is 2.94. The Morgan fingerprint density at radius 3 is 0.408 bits per heavy atom. The lowest BCUT2D eigenvalue weighted by atomic mass is 9.51. The van der Waals surface area contributed by atoms with Crippen molar-refractivity contribution in [3.63, 3.8) is 0 Å². The van der Waals surface area contributed by atoms with Crippen LogP contribution in [-0.4, -0.2) is 85.7 Å². The van der Waals surface area contributed by atoms with Gasteiger partial charge in [0.25, 0.3) is 0 Å². The summed E-state index contributed by atoms with van der Waals surface area (Å²) in [5, 5.41) is 90.1. The maximum Gasteiger partial charge on any atom is 0.0751 e. The average Bonchev–Trinajstić information content (AvgIpc) is 4.26. The fraction of sp³-hybridized carbons (Fsp3) is 0.765. The van der Waals surface area contributed by atoms with Gasteiger partial charge >= 0.3 is 0 Å². The minimum Gasteiger partial charge on any atom is -0.389 e. The van der Waals surface area contributed by atoms with Crippen LogP contribution in [0.1, 0.15) is 77.0 Å². The van der Waals surface area contributed by atoms with E-state index in [1.807, 2.05) is 48.6 Å². The Bertz CT molecular complexity index is 2170. The summed E-state index contributed by atoms with van der Waals surface area (Å²) in [6, 6.07) is 0. The second-order valence-electron chi connectivity index (χ2n) is 31.2. The molecule has 0 heterocycles. The van der Waals surface area contributed by atoms with Gasteiger partial charge in [0, 0.05) is 0 Å². The van der Waals surface area contributed by atoms with Crippen molar-refractivity contribution in [3.05, 3.63) is 101 Å². The average molecular weight is 1030 g/mol. The molecule has 20 saturated carbocycles. The molecule has 8 heteroatoms. The molecule has 0 amide bonds. The molecule has 20 fully saturated rings. The first-order chi connectivity index (χ1) is 36.4. The van der Waals surface area contributed by atoms with E-state index in [2.05, 4.69) is 52.6 Å². The summed E-state index contributed by atoms with van der Waals surface area (Å²) in [5.74, 6) is 16.4. The normalized spacial score (nSPS) is 69.6. The van der Waals surface area contributed by atoms with Crippen LogP contribution in [0.3, 0.4) is 0 Å². The van der Waals surface area contributed by atoms with Gasteiger partial charge in [0.1, 0.15) is 0 Å². The lowest BCUT2D eigenvalue weighted by Crippen LogP contribution is -2.63. The van der Waals surface area contributed by atoms with Gasteiger partial charge in [0.15, 0.2) is 0 Å². The van der Waals surface area contributed by atoms with Crippen LogP contribution in [0.2, 0.25) is 0 Å². The van der Waals surface area contributed by atoms with Crippen LogP contribution in [-0.2, 0) is 0 Å². The molecule has 76 heavy (non-hydrogen) atoms. The van der Waals surface area contributed by atoms with Crippen LogP contribution >= 0.6 is 0 Å². The number of hydrogen-bond acceptors (Lipinski definition) is 8. The van der Waals surface area contributed by atoms with E-state index in [1.54, 1.807) is 0 Å². The number of hydrogen-bond donors (Lipinski definition) is 8. The van der Waals surface area contributed by atoms with Crippen LogP contribution in [0.15, 0.2) is 101 Å². The van der Waals surface area contributed by atoms with Gasteiger partial charge in [0.05, 0.1) is 44.8 Å². The van der Waals surface area contributed by atoms with E-state index in [0.717, 1.165) is 0 Å². The number of aliphatic hydroxyl groups is 8. The molecule has 8 bridgehead atoms. The highest BCUT2D eigenvalue weighted by atomic mass is 16.3. The molecular formula is C68H88O8. The molecular weight excluding hydrogens is 945 g/mol. The van der Waals surface area contributed by atoms with Gasteiger partial charge in [-0.3, -0.25) is 0 Å². The number of fused-ring (bicyclic) bond motifs is 8. The molecule has 0 spiro atoms. The van der Waals surface area contributed by atoms with Crippen LogP contribution in [0.5, 0.6) is 0 Å². The molecule has 20 aliphatic carbocycles. The highest BCUT2D eigenvalue weighted by molar-refractivity contribution is 5.43. The Kier molecular flexibility index (Phi) is 9.06. The van der Waals surface area contributed by atoms with Crippen molar-refractivity contribution in [2.75, 3.05) is 0 Å². The van der Waals surface area contributed by atoms with Crippen molar-refractivity contribution in [3.8, 4) is 0 Å². The summed E-state index contributed by atoms with van der Waals surface area (Å²) in [6.45, 7) is 30.8. The van der Waals surface area contributed by atoms with Crippen molar-refractivity contribution >= 4 is 0 Å². The van der Waals surface area contributed by atoms with Gasteiger partial charge in [-0.05, 0) is 266 Å². The minimum absolute atomic E-state index is 0.324. The first-order valence-corrected chi connectivity index (χ1v) is 31.0. The molecule has 0 aliphatic heterocycles. The van der Waals surface area contributed by atoms with E-state index in [-0.39, 0.29) is 0 Å². The van der Waals surface area contributed by atoms with Gasteiger partial charge in [-0.25, -0.2) is 0 Å². The fourth-order valence-corrected chi connectivity index (χ4v) is 31.8. The monoisotopic (exact) mass is 1030 g/mol. The number of rotatable bonds is 16. The molecule has 0 saturated heterocycles. The fourth-order valence-electron chi connectivity index (χ4n) is 31.8. The third-order valence-electron chi connectivity index (χ3n) is 31.0. The first kappa shape index (κ1) is 48.3. The Balaban J connectivity index is 0.0000000825. The summed E-state index contributed by atoms with van der Waals surface area (Å²) in [7, 11) is 0. The summed E-state index contributed by atoms with van der Waals surface area (Å²) in [5.41, 5.74) is -4.43. The van der Waals surface area contributed by atoms with Gasteiger partial charge < -0.3 is 40.9 Å². The van der Waals surface area contributed by atoms with Crippen LogP contribution in [0, 0.1) is 189 Å². The summed E-state index contributed by atoms with van der Waals surface area (Å²) in [6.07, 6.45) is 25.8. The second kappa shape index (κ2) is 14.3. The van der Waals surface area contributed by atoms with E-state index in [4.69, 9.17) is 0 Å². The van der Waals surface area contributed by atoms with E-state index in [0.29, 0.717) is 241 Å². The molecule has 8 N–H and O–H groups in total. The molecule has 8 nitrogen and oxygen atoms in total. The molecule has 20 aliphatic rings. The SMILES string of the molecule is C=CC[C@]1(O)[C@@H]2[C@@H]3[C@H]4C[C@H]5[C@@H]3[C@@H]2[C@](O)(CC=C)[C@H]5[C@H]41.C=CC[C@]1(O)[C@@H]2[C@@H]3[C@H]4C[C@H]5[C@@H]3[C@@H]2[C@](O)(CC=C)[C@H]5[C@H]41.C=CC[C@]1(O)[C@@H]2[C@@H]3[C@H]4C[C@H]5[C@@H]3[C@@H]2[C@](O)(CC=C)[C@H]5[C@H]41.C=CC[C@]1(O)[C@@H]2[C@@H]3[C@H]4C[C@H]5[C@@H]3[C@@H]2[C@](O)(CC=C)[C@H]5[C@H]41. The lowest BCUT2D eigenvalue weighted by molar-refractivity contribution is -0.212. The van der Waals surface area contributed by atoms with Gasteiger partial charge in [-0.2, -0.15) is 0 Å². The maximum atomic E-state index is 11.3. The minimum atomic E-state index is -0.554. The first-order valence-electron chi connectivity index (χ1n) is 31.0. The zero-order valence-electron chi connectivity index (χ0n) is 44.8. The predicted molar refractivity (Wildman–Crippen MR) is 288 cm³/mol. The molecule has 20 rings (SSSR count). The Morgan fingerprint density at radius 1 is 0.211 bits per heavy atom. The Morgan fingerprint density at radius 2 is 0.316 bits per heavy atom.